The summed E-state index contributed by atoms with van der Waals surface area (Å²) in [5, 5.41) is 4.27. The fourth-order valence-electron chi connectivity index (χ4n) is 2.59. The van der Waals surface area contributed by atoms with Crippen LogP contribution in [0.5, 0.6) is 0 Å². The molecule has 0 aliphatic rings. The van der Waals surface area contributed by atoms with Gasteiger partial charge >= 0.3 is 6.09 Å². The molecule has 0 heterocycles. The molecule has 0 saturated carbocycles. The number of carbonyl (C=O) groups is 2. The molecule has 0 aromatic heterocycles. The van der Waals surface area contributed by atoms with Gasteiger partial charge in [-0.1, -0.05) is 44.2 Å². The number of hydroxylamine groups is 2. The van der Waals surface area contributed by atoms with Gasteiger partial charge in [0.15, 0.2) is 0 Å². The highest BCUT2D eigenvalue weighted by atomic mass is 16.7. The molecule has 6 heteroatoms. The number of benzene rings is 1. The molecule has 0 spiro atoms. The van der Waals surface area contributed by atoms with Gasteiger partial charge in [0.05, 0.1) is 0 Å². The highest BCUT2D eigenvalue weighted by Gasteiger charge is 2.16. The number of amides is 2. The van der Waals surface area contributed by atoms with E-state index in [1.54, 1.807) is 0 Å². The van der Waals surface area contributed by atoms with Crippen molar-refractivity contribution in [3.63, 3.8) is 0 Å². The minimum absolute atomic E-state index is 0.0292. The third kappa shape index (κ3) is 12.9. The van der Waals surface area contributed by atoms with Crippen molar-refractivity contribution < 1.29 is 19.2 Å². The average molecular weight is 407 g/mol. The van der Waals surface area contributed by atoms with E-state index in [1.807, 2.05) is 51.1 Å². The predicted octanol–water partition coefficient (Wildman–Crippen LogP) is 5.08. The monoisotopic (exact) mass is 406 g/mol. The molecular formula is C23H38N2O4. The Bertz CT molecular complexity index is 597. The fourth-order valence-corrected chi connectivity index (χ4v) is 2.59. The van der Waals surface area contributed by atoms with E-state index in [9.17, 15) is 9.59 Å². The molecule has 0 fully saturated rings. The topological polar surface area (TPSA) is 67.9 Å². The molecule has 0 aliphatic heterocycles. The number of unbranched alkanes of at least 4 members (excludes halogenated alkanes) is 2. The number of ether oxygens (including phenoxy) is 1. The molecule has 1 aromatic rings. The number of hydrogen-bond donors (Lipinski definition) is 1. The minimum atomic E-state index is -0.489. The van der Waals surface area contributed by atoms with Crippen molar-refractivity contribution in [3.05, 3.63) is 35.9 Å². The number of carbonyl (C=O) groups excluding carboxylic acids is 2. The van der Waals surface area contributed by atoms with Crippen molar-refractivity contribution in [2.24, 2.45) is 5.92 Å². The molecule has 0 radical (unpaired) electrons. The second kappa shape index (κ2) is 13.2. The Morgan fingerprint density at radius 3 is 2.38 bits per heavy atom. The molecule has 29 heavy (non-hydrogen) atoms. The Morgan fingerprint density at radius 1 is 1.07 bits per heavy atom. The zero-order valence-electron chi connectivity index (χ0n) is 18.7. The van der Waals surface area contributed by atoms with Crippen LogP contribution in [-0.2, 0) is 21.0 Å². The van der Waals surface area contributed by atoms with Crippen molar-refractivity contribution in [1.82, 2.24) is 10.4 Å². The third-order valence-corrected chi connectivity index (χ3v) is 4.15. The average Bonchev–Trinajstić information content (AvgIpc) is 2.64. The molecule has 0 aliphatic carbocycles. The predicted molar refractivity (Wildman–Crippen MR) is 115 cm³/mol. The molecule has 6 nitrogen and oxygen atoms in total. The summed E-state index contributed by atoms with van der Waals surface area (Å²) in [7, 11) is 0. The van der Waals surface area contributed by atoms with E-state index < -0.39 is 11.7 Å². The van der Waals surface area contributed by atoms with Gasteiger partial charge in [-0.25, -0.2) is 9.86 Å². The first kappa shape index (κ1) is 25.0. The summed E-state index contributed by atoms with van der Waals surface area (Å²) in [6.45, 7) is 11.2. The minimum Gasteiger partial charge on any atom is -0.444 e. The summed E-state index contributed by atoms with van der Waals surface area (Å²) < 4.78 is 5.21. The maximum absolute atomic E-state index is 12.5. The van der Waals surface area contributed by atoms with E-state index in [-0.39, 0.29) is 5.91 Å². The molecule has 0 atom stereocenters. The number of nitrogens with one attached hydrogen (secondary N) is 1. The molecule has 164 valence electrons. The molecular weight excluding hydrogens is 368 g/mol. The van der Waals surface area contributed by atoms with Gasteiger partial charge in [-0.2, -0.15) is 0 Å². The summed E-state index contributed by atoms with van der Waals surface area (Å²) in [4.78, 5) is 30.0. The van der Waals surface area contributed by atoms with Crippen molar-refractivity contribution >= 4 is 12.0 Å². The fraction of sp³-hybridized carbons (Fsp3) is 0.652. The van der Waals surface area contributed by atoms with Gasteiger partial charge in [0, 0.05) is 19.5 Å². The zero-order valence-corrected chi connectivity index (χ0v) is 18.7. The van der Waals surface area contributed by atoms with Crippen molar-refractivity contribution in [2.45, 2.75) is 78.9 Å². The van der Waals surface area contributed by atoms with Crippen LogP contribution < -0.4 is 5.32 Å². The van der Waals surface area contributed by atoms with E-state index in [4.69, 9.17) is 9.57 Å². The van der Waals surface area contributed by atoms with Crippen LogP contribution >= 0.6 is 0 Å². The lowest BCUT2D eigenvalue weighted by atomic mass is 10.1. The summed E-state index contributed by atoms with van der Waals surface area (Å²) in [5.74, 6) is 0.510. The first-order chi connectivity index (χ1) is 13.7. The molecule has 1 aromatic carbocycles. The van der Waals surface area contributed by atoms with Gasteiger partial charge in [-0.15, -0.1) is 0 Å². The highest BCUT2D eigenvalue weighted by Crippen LogP contribution is 2.11. The Balaban J connectivity index is 2.36. The highest BCUT2D eigenvalue weighted by molar-refractivity contribution is 5.75. The van der Waals surface area contributed by atoms with Crippen LogP contribution in [0.15, 0.2) is 30.3 Å². The van der Waals surface area contributed by atoms with E-state index in [2.05, 4.69) is 19.2 Å². The lowest BCUT2D eigenvalue weighted by molar-refractivity contribution is -0.192. The van der Waals surface area contributed by atoms with Gasteiger partial charge in [0.2, 0.25) is 5.91 Å². The zero-order chi connectivity index (χ0) is 21.7. The third-order valence-electron chi connectivity index (χ3n) is 4.15. The molecule has 0 saturated heterocycles. The maximum Gasteiger partial charge on any atom is 0.407 e. The summed E-state index contributed by atoms with van der Waals surface area (Å²) >= 11 is 0. The van der Waals surface area contributed by atoms with Crippen LogP contribution in [0.1, 0.15) is 72.3 Å². The van der Waals surface area contributed by atoms with Crippen molar-refractivity contribution in [3.8, 4) is 0 Å². The Kier molecular flexibility index (Phi) is 11.4. The van der Waals surface area contributed by atoms with Crippen LogP contribution in [-0.4, -0.2) is 35.8 Å². The number of nitrogens with zero attached hydrogens (tertiary/aromatic N) is 1. The molecule has 1 rings (SSSR count). The smallest absolute Gasteiger partial charge is 0.407 e. The lowest BCUT2D eigenvalue weighted by Gasteiger charge is -2.22. The number of alkyl carbamates (subject to hydrolysis) is 1. The second-order valence-corrected chi connectivity index (χ2v) is 8.68. The quantitative estimate of drug-likeness (QED) is 0.388. The van der Waals surface area contributed by atoms with Crippen LogP contribution in [0.4, 0.5) is 4.79 Å². The summed E-state index contributed by atoms with van der Waals surface area (Å²) in [6.07, 6.45) is 3.48. The van der Waals surface area contributed by atoms with Crippen molar-refractivity contribution in [2.75, 3.05) is 13.1 Å². The number of hydrogen-bond acceptors (Lipinski definition) is 4. The van der Waals surface area contributed by atoms with E-state index >= 15 is 0 Å². The summed E-state index contributed by atoms with van der Waals surface area (Å²) in [6, 6.07) is 9.85. The molecule has 2 amide bonds. The van der Waals surface area contributed by atoms with E-state index in [0.29, 0.717) is 32.0 Å². The van der Waals surface area contributed by atoms with Crippen LogP contribution in [0.25, 0.3) is 0 Å². The first-order valence-electron chi connectivity index (χ1n) is 10.6. The Labute approximate surface area is 175 Å². The van der Waals surface area contributed by atoms with Gasteiger partial charge in [-0.05, 0) is 57.9 Å². The SMILES string of the molecule is CC(C)CCC(=O)N(CCCCCNC(=O)OC(C)(C)C)OCc1ccccc1. The van der Waals surface area contributed by atoms with Gasteiger partial charge in [-0.3, -0.25) is 9.63 Å². The second-order valence-electron chi connectivity index (χ2n) is 8.68. The molecule has 0 bridgehead atoms. The largest absolute Gasteiger partial charge is 0.444 e. The van der Waals surface area contributed by atoms with Gasteiger partial charge in [0.25, 0.3) is 0 Å². The normalized spacial score (nSPS) is 11.4. The molecule has 1 N–H and O–H groups in total. The standard InChI is InChI=1S/C23H38N2O4/c1-19(2)14-15-21(26)25(28-18-20-12-8-6-9-13-20)17-11-7-10-16-24-22(27)29-23(3,4)5/h6,8-9,12-13,19H,7,10-11,14-18H2,1-5H3,(H,24,27). The van der Waals surface area contributed by atoms with Crippen LogP contribution in [0.2, 0.25) is 0 Å². The Hall–Kier alpha value is -2.08. The maximum atomic E-state index is 12.5. The van der Waals surface area contributed by atoms with Crippen LogP contribution in [0.3, 0.4) is 0 Å². The number of rotatable bonds is 12. The lowest BCUT2D eigenvalue weighted by Crippen LogP contribution is -2.33. The van der Waals surface area contributed by atoms with Gasteiger partial charge < -0.3 is 10.1 Å². The van der Waals surface area contributed by atoms with E-state index in [0.717, 1.165) is 31.2 Å². The summed E-state index contributed by atoms with van der Waals surface area (Å²) in [5.41, 5.74) is 0.549. The molecule has 0 unspecified atom stereocenters. The van der Waals surface area contributed by atoms with Crippen molar-refractivity contribution in [1.29, 1.82) is 0 Å². The Morgan fingerprint density at radius 2 is 1.76 bits per heavy atom. The van der Waals surface area contributed by atoms with E-state index in [1.165, 1.54) is 5.06 Å². The van der Waals surface area contributed by atoms with Crippen LogP contribution in [0, 0.1) is 5.92 Å². The van der Waals surface area contributed by atoms with Gasteiger partial charge in [0.1, 0.15) is 12.2 Å². The first-order valence-corrected chi connectivity index (χ1v) is 10.6.